The van der Waals surface area contributed by atoms with Crippen LogP contribution in [0.2, 0.25) is 0 Å². The second-order valence-corrected chi connectivity index (χ2v) is 7.34. The topological polar surface area (TPSA) is 63.6 Å². The van der Waals surface area contributed by atoms with Crippen LogP contribution in [0.4, 0.5) is 0 Å². The number of thiazole rings is 1. The summed E-state index contributed by atoms with van der Waals surface area (Å²) in [5.74, 6) is 1.16. The Morgan fingerprint density at radius 3 is 2.78 bits per heavy atom. The molecule has 0 fully saturated rings. The van der Waals surface area contributed by atoms with Crippen LogP contribution in [-0.4, -0.2) is 19.7 Å². The van der Waals surface area contributed by atoms with Crippen molar-refractivity contribution in [2.24, 2.45) is 0 Å². The summed E-state index contributed by atoms with van der Waals surface area (Å²) < 4.78 is 1.66. The third kappa shape index (κ3) is 3.92. The van der Waals surface area contributed by atoms with Crippen molar-refractivity contribution in [2.75, 3.05) is 0 Å². The van der Waals surface area contributed by atoms with Gasteiger partial charge in [-0.1, -0.05) is 55.9 Å². The molecule has 2 heterocycles. The Balaban J connectivity index is 1.72. The lowest BCUT2D eigenvalue weighted by Crippen LogP contribution is -2.18. The molecule has 0 saturated heterocycles. The van der Waals surface area contributed by atoms with Crippen molar-refractivity contribution in [3.05, 3.63) is 62.5 Å². The van der Waals surface area contributed by atoms with E-state index >= 15 is 0 Å². The van der Waals surface area contributed by atoms with E-state index in [2.05, 4.69) is 34.4 Å². The van der Waals surface area contributed by atoms with Crippen molar-refractivity contribution < 1.29 is 0 Å². The van der Waals surface area contributed by atoms with Crippen LogP contribution in [0.5, 0.6) is 0 Å². The summed E-state index contributed by atoms with van der Waals surface area (Å²) in [6.45, 7) is 4.80. The smallest absolute Gasteiger partial charge is 0.266 e. The van der Waals surface area contributed by atoms with Crippen molar-refractivity contribution >= 4 is 23.1 Å². The van der Waals surface area contributed by atoms with Crippen LogP contribution in [0.3, 0.4) is 0 Å². The lowest BCUT2D eigenvalue weighted by molar-refractivity contribution is 0.687. The Kier molecular flexibility index (Phi) is 4.97. The van der Waals surface area contributed by atoms with Gasteiger partial charge in [-0.25, -0.2) is 14.9 Å². The molecule has 0 aliphatic heterocycles. The number of H-pyrrole nitrogens is 1. The SMILES string of the molecule is CC(C)c1nc(CSc2n[nH]c(=O)n2Cc2ccccc2)cs1. The van der Waals surface area contributed by atoms with Crippen LogP contribution in [0.25, 0.3) is 0 Å². The molecule has 0 bridgehead atoms. The van der Waals surface area contributed by atoms with Gasteiger partial charge in [-0.05, 0) is 5.56 Å². The molecule has 120 valence electrons. The van der Waals surface area contributed by atoms with E-state index < -0.39 is 0 Å². The van der Waals surface area contributed by atoms with Crippen LogP contribution >= 0.6 is 23.1 Å². The Labute approximate surface area is 142 Å². The Bertz CT molecular complexity index is 820. The maximum absolute atomic E-state index is 12.0. The molecule has 1 aromatic carbocycles. The summed E-state index contributed by atoms with van der Waals surface area (Å²) in [5, 5.41) is 10.6. The van der Waals surface area contributed by atoms with Crippen LogP contribution in [0.15, 0.2) is 45.7 Å². The highest BCUT2D eigenvalue weighted by Gasteiger charge is 2.11. The summed E-state index contributed by atoms with van der Waals surface area (Å²) in [5.41, 5.74) is 1.93. The normalized spacial score (nSPS) is 11.3. The van der Waals surface area contributed by atoms with Crippen LogP contribution in [0.1, 0.15) is 36.0 Å². The minimum absolute atomic E-state index is 0.183. The summed E-state index contributed by atoms with van der Waals surface area (Å²) in [4.78, 5) is 16.6. The molecule has 0 unspecified atom stereocenters. The van der Waals surface area contributed by atoms with Crippen molar-refractivity contribution in [2.45, 2.75) is 37.2 Å². The maximum Gasteiger partial charge on any atom is 0.344 e. The molecule has 3 aromatic rings. The Morgan fingerprint density at radius 2 is 2.09 bits per heavy atom. The fourth-order valence-electron chi connectivity index (χ4n) is 2.11. The molecule has 2 aromatic heterocycles. The van der Waals surface area contributed by atoms with Crippen LogP contribution in [0, 0.1) is 0 Å². The molecule has 0 spiro atoms. The zero-order valence-corrected chi connectivity index (χ0v) is 14.7. The van der Waals surface area contributed by atoms with Crippen LogP contribution in [-0.2, 0) is 12.3 Å². The zero-order chi connectivity index (χ0) is 16.2. The van der Waals surface area contributed by atoms with Gasteiger partial charge in [0.05, 0.1) is 17.2 Å². The first-order valence-corrected chi connectivity index (χ1v) is 9.26. The summed E-state index contributed by atoms with van der Waals surface area (Å²) in [7, 11) is 0. The van der Waals surface area contributed by atoms with E-state index in [9.17, 15) is 4.79 Å². The van der Waals surface area contributed by atoms with Gasteiger partial charge < -0.3 is 0 Å². The van der Waals surface area contributed by atoms with E-state index in [0.717, 1.165) is 16.3 Å². The number of hydrogen-bond donors (Lipinski definition) is 1. The van der Waals surface area contributed by atoms with E-state index in [1.54, 1.807) is 15.9 Å². The molecule has 23 heavy (non-hydrogen) atoms. The average molecular weight is 346 g/mol. The van der Waals surface area contributed by atoms with Crippen molar-refractivity contribution in [3.63, 3.8) is 0 Å². The summed E-state index contributed by atoms with van der Waals surface area (Å²) >= 11 is 3.21. The molecule has 1 N–H and O–H groups in total. The van der Waals surface area contributed by atoms with Crippen molar-refractivity contribution in [1.29, 1.82) is 0 Å². The van der Waals surface area contributed by atoms with Crippen molar-refractivity contribution in [3.8, 4) is 0 Å². The van der Waals surface area contributed by atoms with Gasteiger partial charge in [0.25, 0.3) is 0 Å². The second kappa shape index (κ2) is 7.14. The van der Waals surface area contributed by atoms with Gasteiger partial charge >= 0.3 is 5.69 Å². The molecule has 7 heteroatoms. The number of aromatic nitrogens is 4. The maximum atomic E-state index is 12.0. The molecular formula is C16H18N4OS2. The highest BCUT2D eigenvalue weighted by atomic mass is 32.2. The van der Waals surface area contributed by atoms with E-state index in [-0.39, 0.29) is 5.69 Å². The summed E-state index contributed by atoms with van der Waals surface area (Å²) in [6.07, 6.45) is 0. The van der Waals surface area contributed by atoms with Gasteiger partial charge in [0, 0.05) is 17.1 Å². The largest absolute Gasteiger partial charge is 0.344 e. The lowest BCUT2D eigenvalue weighted by Gasteiger charge is -2.05. The molecule has 0 radical (unpaired) electrons. The first kappa shape index (κ1) is 16.0. The van der Waals surface area contributed by atoms with E-state index in [1.165, 1.54) is 11.8 Å². The van der Waals surface area contributed by atoms with Gasteiger partial charge in [-0.2, -0.15) is 0 Å². The van der Waals surface area contributed by atoms with Crippen LogP contribution < -0.4 is 5.69 Å². The Morgan fingerprint density at radius 1 is 1.30 bits per heavy atom. The van der Waals surface area contributed by atoms with Gasteiger partial charge in [0.1, 0.15) is 0 Å². The standard InChI is InChI=1S/C16H18N4OS2/c1-11(2)14-17-13(9-22-14)10-23-16-19-18-15(21)20(16)8-12-6-4-3-5-7-12/h3-7,9,11H,8,10H2,1-2H3,(H,18,21). The zero-order valence-electron chi connectivity index (χ0n) is 13.0. The van der Waals surface area contributed by atoms with Gasteiger partial charge in [0.15, 0.2) is 5.16 Å². The molecule has 3 rings (SSSR count). The molecule has 0 atom stereocenters. The number of nitrogens with one attached hydrogen (secondary N) is 1. The third-order valence-corrected chi connectivity index (χ3v) is 5.52. The highest BCUT2D eigenvalue weighted by Crippen LogP contribution is 2.24. The molecule has 0 aliphatic rings. The molecular weight excluding hydrogens is 328 g/mol. The summed E-state index contributed by atoms with van der Waals surface area (Å²) in [6, 6.07) is 9.91. The molecule has 0 aliphatic carbocycles. The van der Waals surface area contributed by atoms with E-state index in [0.29, 0.717) is 23.4 Å². The first-order chi connectivity index (χ1) is 11.1. The first-order valence-electron chi connectivity index (χ1n) is 7.39. The minimum Gasteiger partial charge on any atom is -0.266 e. The number of aromatic amines is 1. The van der Waals surface area contributed by atoms with E-state index in [4.69, 9.17) is 0 Å². The number of thioether (sulfide) groups is 1. The molecule has 0 amide bonds. The molecule has 5 nitrogen and oxygen atoms in total. The van der Waals surface area contributed by atoms with Gasteiger partial charge in [0.2, 0.25) is 0 Å². The number of nitrogens with zero attached hydrogens (tertiary/aromatic N) is 3. The fraction of sp³-hybridized carbons (Fsp3) is 0.312. The molecule has 0 saturated carbocycles. The fourth-order valence-corrected chi connectivity index (χ4v) is 3.89. The predicted molar refractivity (Wildman–Crippen MR) is 94.2 cm³/mol. The quantitative estimate of drug-likeness (QED) is 0.694. The Hall–Kier alpha value is -1.86. The number of rotatable bonds is 6. The van der Waals surface area contributed by atoms with E-state index in [1.807, 2.05) is 30.3 Å². The average Bonchev–Trinajstić information content (AvgIpc) is 3.15. The van der Waals surface area contributed by atoms with Gasteiger partial charge in [-0.15, -0.1) is 16.4 Å². The predicted octanol–water partition coefficient (Wildman–Crippen LogP) is 3.49. The minimum atomic E-state index is -0.183. The second-order valence-electron chi connectivity index (χ2n) is 5.50. The monoisotopic (exact) mass is 346 g/mol. The van der Waals surface area contributed by atoms with Gasteiger partial charge in [-0.3, -0.25) is 4.57 Å². The number of benzene rings is 1. The van der Waals surface area contributed by atoms with Crippen molar-refractivity contribution in [1.82, 2.24) is 19.7 Å². The third-order valence-electron chi connectivity index (χ3n) is 3.32. The lowest BCUT2D eigenvalue weighted by atomic mass is 10.2. The number of hydrogen-bond acceptors (Lipinski definition) is 5. The highest BCUT2D eigenvalue weighted by molar-refractivity contribution is 7.98.